The number of carbonyl (C=O) groups is 1. The van der Waals surface area contributed by atoms with E-state index in [9.17, 15) is 4.79 Å². The summed E-state index contributed by atoms with van der Waals surface area (Å²) in [5, 5.41) is 7.49. The topological polar surface area (TPSA) is 78.3 Å². The third kappa shape index (κ3) is 3.78. The Hall–Kier alpha value is -3.61. The van der Waals surface area contributed by atoms with Gasteiger partial charge in [-0.05, 0) is 44.0 Å². The Morgan fingerprint density at radius 2 is 1.93 bits per heavy atom. The number of fused-ring (bicyclic) bond motifs is 1. The second kappa shape index (κ2) is 8.41. The van der Waals surface area contributed by atoms with Crippen LogP contribution in [0, 0.1) is 0 Å². The highest BCUT2D eigenvalue weighted by atomic mass is 16.5. The second-order valence-electron chi connectivity index (χ2n) is 7.06. The van der Waals surface area contributed by atoms with E-state index in [0.717, 1.165) is 16.8 Å². The van der Waals surface area contributed by atoms with Crippen LogP contribution in [-0.2, 0) is 11.4 Å². The van der Waals surface area contributed by atoms with Gasteiger partial charge in [-0.3, -0.25) is 4.79 Å². The first kappa shape index (κ1) is 19.7. The van der Waals surface area contributed by atoms with Crippen LogP contribution in [0.1, 0.15) is 37.9 Å². The standard InChI is InChI=1S/C23H24N4O3/c1-4-29-20-12-18(10-11-19(20)30-13-17-8-6-5-7-9-17)22-21(16(3)28)15(2)26-23-24-14-25-27(22)23/h5-12,14,22H,4,13H2,1-3H3,(H,24,25,26)/t22-/m1/s1. The van der Waals surface area contributed by atoms with Crippen molar-refractivity contribution >= 4 is 11.7 Å². The third-order valence-corrected chi connectivity index (χ3v) is 4.99. The van der Waals surface area contributed by atoms with Crippen LogP contribution in [0.3, 0.4) is 0 Å². The molecule has 1 atom stereocenters. The first-order valence-corrected chi connectivity index (χ1v) is 9.90. The van der Waals surface area contributed by atoms with E-state index in [1.54, 1.807) is 11.6 Å². The van der Waals surface area contributed by atoms with Crippen LogP contribution in [0.25, 0.3) is 0 Å². The molecule has 4 rings (SSSR count). The molecule has 1 aliphatic rings. The number of rotatable bonds is 7. The van der Waals surface area contributed by atoms with Crippen LogP contribution in [0.2, 0.25) is 0 Å². The summed E-state index contributed by atoms with van der Waals surface area (Å²) >= 11 is 0. The van der Waals surface area contributed by atoms with E-state index in [4.69, 9.17) is 9.47 Å². The summed E-state index contributed by atoms with van der Waals surface area (Å²) in [5.41, 5.74) is 3.37. The van der Waals surface area contributed by atoms with E-state index >= 15 is 0 Å². The number of Topliss-reactive ketones (excluding diaryl/α,β-unsaturated/α-hetero) is 1. The van der Waals surface area contributed by atoms with Gasteiger partial charge in [-0.2, -0.15) is 10.1 Å². The molecule has 7 heteroatoms. The van der Waals surface area contributed by atoms with Crippen LogP contribution in [0.15, 0.2) is 66.1 Å². The predicted octanol–water partition coefficient (Wildman–Crippen LogP) is 4.13. The first-order chi connectivity index (χ1) is 14.6. The molecule has 0 saturated carbocycles. The largest absolute Gasteiger partial charge is 0.490 e. The first-order valence-electron chi connectivity index (χ1n) is 9.90. The molecule has 1 N–H and O–H groups in total. The minimum Gasteiger partial charge on any atom is -0.490 e. The van der Waals surface area contributed by atoms with Gasteiger partial charge in [0.2, 0.25) is 5.95 Å². The van der Waals surface area contributed by atoms with E-state index in [-0.39, 0.29) is 11.8 Å². The van der Waals surface area contributed by atoms with Crippen LogP contribution in [-0.4, -0.2) is 27.2 Å². The molecule has 154 valence electrons. The zero-order valence-electron chi connectivity index (χ0n) is 17.3. The summed E-state index contributed by atoms with van der Waals surface area (Å²) in [6.07, 6.45) is 1.48. The molecular formula is C23H24N4O3. The van der Waals surface area contributed by atoms with E-state index < -0.39 is 0 Å². The van der Waals surface area contributed by atoms with Crippen molar-refractivity contribution in [1.82, 2.24) is 14.8 Å². The zero-order valence-corrected chi connectivity index (χ0v) is 17.3. The Morgan fingerprint density at radius 3 is 2.67 bits per heavy atom. The lowest BCUT2D eigenvalue weighted by atomic mass is 9.93. The van der Waals surface area contributed by atoms with Gasteiger partial charge in [0.1, 0.15) is 19.0 Å². The Balaban J connectivity index is 1.70. The van der Waals surface area contributed by atoms with Gasteiger partial charge in [0, 0.05) is 11.3 Å². The lowest BCUT2D eigenvalue weighted by Crippen LogP contribution is -2.27. The number of nitrogens with zero attached hydrogens (tertiary/aromatic N) is 3. The molecule has 0 unspecified atom stereocenters. The molecule has 0 aliphatic carbocycles. The number of benzene rings is 2. The Kier molecular flexibility index (Phi) is 5.52. The van der Waals surface area contributed by atoms with Gasteiger partial charge in [-0.25, -0.2) is 4.68 Å². The fourth-order valence-corrected chi connectivity index (χ4v) is 3.67. The third-order valence-electron chi connectivity index (χ3n) is 4.99. The van der Waals surface area contributed by atoms with E-state index in [1.165, 1.54) is 6.33 Å². The Labute approximate surface area is 175 Å². The lowest BCUT2D eigenvalue weighted by molar-refractivity contribution is -0.114. The van der Waals surface area contributed by atoms with Gasteiger partial charge in [-0.1, -0.05) is 36.4 Å². The SMILES string of the molecule is CCOc1cc([C@@H]2C(C(C)=O)=C(C)Nc3ncnn32)ccc1OCc1ccccc1. The highest BCUT2D eigenvalue weighted by Gasteiger charge is 2.32. The molecule has 1 aliphatic heterocycles. The minimum atomic E-state index is -0.386. The Morgan fingerprint density at radius 1 is 1.13 bits per heavy atom. The molecule has 0 radical (unpaired) electrons. The predicted molar refractivity (Wildman–Crippen MR) is 114 cm³/mol. The summed E-state index contributed by atoms with van der Waals surface area (Å²) in [4.78, 5) is 16.7. The van der Waals surface area contributed by atoms with Crippen molar-refractivity contribution in [2.45, 2.75) is 33.4 Å². The number of ether oxygens (including phenoxy) is 2. The fourth-order valence-electron chi connectivity index (χ4n) is 3.67. The molecule has 2 heterocycles. The van der Waals surface area contributed by atoms with Crippen LogP contribution >= 0.6 is 0 Å². The number of carbonyl (C=O) groups excluding carboxylic acids is 1. The maximum Gasteiger partial charge on any atom is 0.226 e. The van der Waals surface area contributed by atoms with Crippen LogP contribution < -0.4 is 14.8 Å². The van der Waals surface area contributed by atoms with Gasteiger partial charge < -0.3 is 14.8 Å². The molecule has 0 amide bonds. The summed E-state index contributed by atoms with van der Waals surface area (Å²) in [6.45, 7) is 6.32. The molecule has 0 spiro atoms. The summed E-state index contributed by atoms with van der Waals surface area (Å²) in [5.74, 6) is 1.87. The van der Waals surface area contributed by atoms with Crippen molar-refractivity contribution in [1.29, 1.82) is 0 Å². The zero-order chi connectivity index (χ0) is 21.1. The van der Waals surface area contributed by atoms with Crippen molar-refractivity contribution in [3.63, 3.8) is 0 Å². The van der Waals surface area contributed by atoms with E-state index in [1.807, 2.05) is 62.4 Å². The van der Waals surface area contributed by atoms with Crippen molar-refractivity contribution < 1.29 is 14.3 Å². The molecule has 1 aromatic heterocycles. The molecule has 3 aromatic rings. The quantitative estimate of drug-likeness (QED) is 0.638. The van der Waals surface area contributed by atoms with Gasteiger partial charge >= 0.3 is 0 Å². The van der Waals surface area contributed by atoms with Gasteiger partial charge in [0.15, 0.2) is 17.3 Å². The summed E-state index contributed by atoms with van der Waals surface area (Å²) < 4.78 is 13.6. The maximum atomic E-state index is 12.4. The van der Waals surface area contributed by atoms with Gasteiger partial charge in [0.05, 0.1) is 6.61 Å². The average Bonchev–Trinajstić information content (AvgIpc) is 3.20. The normalized spacial score (nSPS) is 15.4. The van der Waals surface area contributed by atoms with Crippen LogP contribution in [0.5, 0.6) is 11.5 Å². The number of hydrogen-bond acceptors (Lipinski definition) is 6. The number of nitrogens with one attached hydrogen (secondary N) is 1. The lowest BCUT2D eigenvalue weighted by Gasteiger charge is -2.28. The maximum absolute atomic E-state index is 12.4. The molecule has 0 saturated heterocycles. The van der Waals surface area contributed by atoms with E-state index in [0.29, 0.717) is 36.2 Å². The summed E-state index contributed by atoms with van der Waals surface area (Å²) in [6, 6.07) is 15.3. The minimum absolute atomic E-state index is 0.0199. The molecule has 7 nitrogen and oxygen atoms in total. The second-order valence-corrected chi connectivity index (χ2v) is 7.06. The van der Waals surface area contributed by atoms with Crippen molar-refractivity contribution in [3.8, 4) is 11.5 Å². The molecule has 0 bridgehead atoms. The molecule has 2 aromatic carbocycles. The highest BCUT2D eigenvalue weighted by molar-refractivity contribution is 5.96. The molecular weight excluding hydrogens is 380 g/mol. The number of ketones is 1. The molecule has 0 fully saturated rings. The smallest absolute Gasteiger partial charge is 0.226 e. The fraction of sp³-hybridized carbons (Fsp3) is 0.261. The Bertz CT molecular complexity index is 1090. The average molecular weight is 404 g/mol. The number of aromatic nitrogens is 3. The van der Waals surface area contributed by atoms with Crippen molar-refractivity contribution in [2.75, 3.05) is 11.9 Å². The monoisotopic (exact) mass is 404 g/mol. The number of hydrogen-bond donors (Lipinski definition) is 1. The van der Waals surface area contributed by atoms with Gasteiger partial charge in [0.25, 0.3) is 0 Å². The highest BCUT2D eigenvalue weighted by Crippen LogP contribution is 2.38. The van der Waals surface area contributed by atoms with Crippen molar-refractivity contribution in [2.24, 2.45) is 0 Å². The summed E-state index contributed by atoms with van der Waals surface area (Å²) in [7, 11) is 0. The molecule has 30 heavy (non-hydrogen) atoms. The van der Waals surface area contributed by atoms with Gasteiger partial charge in [-0.15, -0.1) is 0 Å². The number of allylic oxidation sites excluding steroid dienone is 2. The van der Waals surface area contributed by atoms with Crippen LogP contribution in [0.4, 0.5) is 5.95 Å². The van der Waals surface area contributed by atoms with E-state index in [2.05, 4.69) is 15.4 Å². The van der Waals surface area contributed by atoms with Crippen molar-refractivity contribution in [3.05, 3.63) is 77.3 Å². The number of anilines is 1.